The summed E-state index contributed by atoms with van der Waals surface area (Å²) in [6.45, 7) is -0.105. The number of benzene rings is 1. The van der Waals surface area contributed by atoms with Gasteiger partial charge in [0, 0.05) is 10.0 Å². The molecule has 0 saturated carbocycles. The van der Waals surface area contributed by atoms with Gasteiger partial charge in [0.25, 0.3) is 5.91 Å². The van der Waals surface area contributed by atoms with Gasteiger partial charge in [0.15, 0.2) is 11.5 Å². The fourth-order valence-electron chi connectivity index (χ4n) is 3.06. The number of hydrogen-bond donors (Lipinski definition) is 1. The summed E-state index contributed by atoms with van der Waals surface area (Å²) in [6, 6.07) is 9.97. The lowest BCUT2D eigenvalue weighted by molar-refractivity contribution is -0.274. The van der Waals surface area contributed by atoms with Crippen LogP contribution < -0.4 is 10.1 Å². The minimum absolute atomic E-state index is 0.0235. The Labute approximate surface area is 192 Å². The number of carbonyl (C=O) groups is 2. The van der Waals surface area contributed by atoms with E-state index in [0.717, 1.165) is 12.1 Å². The second kappa shape index (κ2) is 8.43. The van der Waals surface area contributed by atoms with E-state index in [1.54, 1.807) is 12.1 Å². The van der Waals surface area contributed by atoms with Crippen LogP contribution in [0.1, 0.15) is 10.5 Å². The summed E-state index contributed by atoms with van der Waals surface area (Å²) in [5.41, 5.74) is 0.494. The molecule has 8 nitrogen and oxygen atoms in total. The molecular formula is C19H12BrClF3N5O3. The molecule has 1 fully saturated rings. The summed E-state index contributed by atoms with van der Waals surface area (Å²) >= 11 is 9.15. The monoisotopic (exact) mass is 529 g/mol. The van der Waals surface area contributed by atoms with Crippen LogP contribution in [0.15, 0.2) is 46.9 Å². The molecule has 0 bridgehead atoms. The maximum Gasteiger partial charge on any atom is 0.573 e. The molecule has 166 valence electrons. The molecule has 0 atom stereocenters. The lowest BCUT2D eigenvalue weighted by Gasteiger charge is -2.12. The number of alkyl halides is 3. The topological polar surface area (TPSA) is 89.4 Å². The van der Waals surface area contributed by atoms with Crippen molar-refractivity contribution in [3.63, 3.8) is 0 Å². The Morgan fingerprint density at radius 3 is 2.66 bits per heavy atom. The minimum atomic E-state index is -4.89. The minimum Gasteiger partial charge on any atom is -0.406 e. The van der Waals surface area contributed by atoms with Crippen LogP contribution >= 0.6 is 27.5 Å². The number of nitrogens with one attached hydrogen (secondary N) is 1. The van der Waals surface area contributed by atoms with E-state index in [1.165, 1.54) is 27.8 Å². The number of halogens is 5. The van der Waals surface area contributed by atoms with Crippen LogP contribution in [0.4, 0.5) is 13.2 Å². The van der Waals surface area contributed by atoms with E-state index in [9.17, 15) is 22.8 Å². The number of carbonyl (C=O) groups excluding carboxylic acids is 2. The maximum atomic E-state index is 12.8. The molecule has 4 rings (SSSR count). The Morgan fingerprint density at radius 1 is 1.22 bits per heavy atom. The van der Waals surface area contributed by atoms with Gasteiger partial charge in [-0.15, -0.1) is 13.2 Å². The first-order valence-electron chi connectivity index (χ1n) is 8.95. The SMILES string of the molecule is O=C1CN(C(=O)c2cc(-c3cc(Br)cc(OC(F)(F)F)c3)n(-c3cccc(Cl)n3)n2)CN1. The van der Waals surface area contributed by atoms with Crippen molar-refractivity contribution in [3.8, 4) is 22.8 Å². The standard InChI is InChI=1S/C19H12BrClF3N5O3/c20-11-4-10(5-12(6-11)32-19(22,23)24)14-7-13(18(31)28-8-17(30)25-9-28)27-29(14)16-3-1-2-15(21)26-16/h1-7H,8-9H2,(H,25,30). The highest BCUT2D eigenvalue weighted by molar-refractivity contribution is 9.10. The molecule has 1 aliphatic heterocycles. The van der Waals surface area contributed by atoms with Gasteiger partial charge in [0.2, 0.25) is 5.91 Å². The summed E-state index contributed by atoms with van der Waals surface area (Å²) in [7, 11) is 0. The van der Waals surface area contributed by atoms with Crippen molar-refractivity contribution in [3.05, 3.63) is 57.8 Å². The largest absolute Gasteiger partial charge is 0.573 e. The molecule has 1 aromatic carbocycles. The maximum absolute atomic E-state index is 12.8. The number of nitrogens with zero attached hydrogens (tertiary/aromatic N) is 4. The summed E-state index contributed by atoms with van der Waals surface area (Å²) in [4.78, 5) is 29.7. The van der Waals surface area contributed by atoms with Crippen LogP contribution in [0.3, 0.4) is 0 Å². The van der Waals surface area contributed by atoms with Gasteiger partial charge in [-0.05, 0) is 36.4 Å². The molecule has 2 aromatic heterocycles. The zero-order valence-electron chi connectivity index (χ0n) is 15.9. The quantitative estimate of drug-likeness (QED) is 0.519. The van der Waals surface area contributed by atoms with Crippen molar-refractivity contribution in [2.24, 2.45) is 0 Å². The molecule has 13 heteroatoms. The third kappa shape index (κ3) is 4.86. The van der Waals surface area contributed by atoms with Crippen LogP contribution in [-0.4, -0.2) is 51.1 Å². The van der Waals surface area contributed by atoms with Crippen molar-refractivity contribution < 1.29 is 27.5 Å². The average molecular weight is 531 g/mol. The Morgan fingerprint density at radius 2 is 2.00 bits per heavy atom. The number of hydrogen-bond acceptors (Lipinski definition) is 5. The Bertz CT molecular complexity index is 1220. The zero-order valence-corrected chi connectivity index (χ0v) is 18.2. The lowest BCUT2D eigenvalue weighted by Crippen LogP contribution is -2.30. The van der Waals surface area contributed by atoms with Crippen LogP contribution in [-0.2, 0) is 4.79 Å². The van der Waals surface area contributed by atoms with Crippen molar-refractivity contribution in [2.45, 2.75) is 6.36 Å². The Hall–Kier alpha value is -3.12. The molecule has 0 aliphatic carbocycles. The number of amides is 2. The van der Waals surface area contributed by atoms with Crippen molar-refractivity contribution in [1.29, 1.82) is 0 Å². The van der Waals surface area contributed by atoms with Gasteiger partial charge < -0.3 is 15.0 Å². The second-order valence-corrected chi connectivity index (χ2v) is 7.93. The predicted molar refractivity (Wildman–Crippen MR) is 110 cm³/mol. The fourth-order valence-corrected chi connectivity index (χ4v) is 3.69. The van der Waals surface area contributed by atoms with E-state index in [0.29, 0.717) is 4.47 Å². The smallest absolute Gasteiger partial charge is 0.406 e. The molecule has 3 aromatic rings. The van der Waals surface area contributed by atoms with Gasteiger partial charge in [-0.3, -0.25) is 9.59 Å². The van der Waals surface area contributed by atoms with Crippen LogP contribution in [0.5, 0.6) is 5.75 Å². The third-order valence-electron chi connectivity index (χ3n) is 4.34. The Kier molecular flexibility index (Phi) is 5.82. The molecule has 32 heavy (non-hydrogen) atoms. The molecular weight excluding hydrogens is 519 g/mol. The predicted octanol–water partition coefficient (Wildman–Crippen LogP) is 3.78. The lowest BCUT2D eigenvalue weighted by atomic mass is 10.1. The number of aromatic nitrogens is 3. The van der Waals surface area contributed by atoms with Crippen LogP contribution in [0.25, 0.3) is 17.1 Å². The van der Waals surface area contributed by atoms with Gasteiger partial charge in [-0.25, -0.2) is 9.67 Å². The molecule has 1 aliphatic rings. The highest BCUT2D eigenvalue weighted by Crippen LogP contribution is 2.33. The Balaban J connectivity index is 1.82. The first kappa shape index (κ1) is 22.1. The van der Waals surface area contributed by atoms with E-state index in [2.05, 4.69) is 36.1 Å². The normalized spacial score (nSPS) is 13.9. The van der Waals surface area contributed by atoms with Gasteiger partial charge in [-0.1, -0.05) is 33.6 Å². The first-order valence-corrected chi connectivity index (χ1v) is 10.1. The fraction of sp³-hybridized carbons (Fsp3) is 0.158. The molecule has 0 unspecified atom stereocenters. The van der Waals surface area contributed by atoms with E-state index < -0.39 is 18.0 Å². The second-order valence-electron chi connectivity index (χ2n) is 6.63. The van der Waals surface area contributed by atoms with Crippen LogP contribution in [0, 0.1) is 0 Å². The highest BCUT2D eigenvalue weighted by atomic mass is 79.9. The number of rotatable bonds is 4. The molecule has 2 amide bonds. The van der Waals surface area contributed by atoms with Crippen molar-refractivity contribution in [2.75, 3.05) is 13.2 Å². The van der Waals surface area contributed by atoms with Crippen LogP contribution in [0.2, 0.25) is 5.15 Å². The third-order valence-corrected chi connectivity index (χ3v) is 5.00. The molecule has 1 N–H and O–H groups in total. The van der Waals surface area contributed by atoms with Crippen molar-refractivity contribution >= 4 is 39.3 Å². The average Bonchev–Trinajstić information content (AvgIpc) is 3.32. The highest BCUT2D eigenvalue weighted by Gasteiger charge is 2.32. The number of ether oxygens (including phenoxy) is 1. The van der Waals surface area contributed by atoms with E-state index in [1.807, 2.05) is 0 Å². The van der Waals surface area contributed by atoms with Gasteiger partial charge in [0.1, 0.15) is 17.4 Å². The van der Waals surface area contributed by atoms with E-state index in [4.69, 9.17) is 11.6 Å². The van der Waals surface area contributed by atoms with Gasteiger partial charge in [-0.2, -0.15) is 5.10 Å². The van der Waals surface area contributed by atoms with Crippen molar-refractivity contribution in [1.82, 2.24) is 25.0 Å². The number of pyridine rings is 1. The summed E-state index contributed by atoms with van der Waals surface area (Å²) in [5, 5.41) is 6.96. The molecule has 3 heterocycles. The molecule has 0 spiro atoms. The van der Waals surface area contributed by atoms with E-state index >= 15 is 0 Å². The summed E-state index contributed by atoms with van der Waals surface area (Å²) in [6.07, 6.45) is -4.89. The molecule has 1 saturated heterocycles. The van der Waals surface area contributed by atoms with Gasteiger partial charge >= 0.3 is 6.36 Å². The van der Waals surface area contributed by atoms with Gasteiger partial charge in [0.05, 0.1) is 12.4 Å². The zero-order chi connectivity index (χ0) is 23.0. The van der Waals surface area contributed by atoms with E-state index in [-0.39, 0.29) is 47.0 Å². The first-order chi connectivity index (χ1) is 15.1. The summed E-state index contributed by atoms with van der Waals surface area (Å²) < 4.78 is 43.9. The summed E-state index contributed by atoms with van der Waals surface area (Å²) in [5.74, 6) is -1.07. The molecule has 0 radical (unpaired) electrons.